The lowest BCUT2D eigenvalue weighted by Gasteiger charge is -2.12. The molecule has 1 heterocycles. The predicted molar refractivity (Wildman–Crippen MR) is 131 cm³/mol. The molecule has 0 aliphatic rings. The van der Waals surface area contributed by atoms with Crippen molar-refractivity contribution in [1.29, 1.82) is 0 Å². The summed E-state index contributed by atoms with van der Waals surface area (Å²) in [4.78, 5) is 11.6. The highest BCUT2D eigenvalue weighted by Gasteiger charge is 2.14. The molecule has 2 N–H and O–H groups in total. The second-order valence-corrected chi connectivity index (χ2v) is 7.97. The Bertz CT molecular complexity index is 1290. The van der Waals surface area contributed by atoms with Crippen LogP contribution < -0.4 is 10.6 Å². The second kappa shape index (κ2) is 8.70. The zero-order chi connectivity index (χ0) is 22.0. The van der Waals surface area contributed by atoms with Crippen molar-refractivity contribution in [2.45, 2.75) is 27.3 Å². The summed E-state index contributed by atoms with van der Waals surface area (Å²) in [6.45, 7) is 6.23. The van der Waals surface area contributed by atoms with Crippen molar-refractivity contribution in [3.8, 4) is 0 Å². The molecule has 0 spiro atoms. The number of nitrogens with one attached hydrogen (secondary N) is 2. The van der Waals surface area contributed by atoms with Crippen LogP contribution in [0.2, 0.25) is 0 Å². The van der Waals surface area contributed by atoms with E-state index in [0.29, 0.717) is 17.2 Å². The first-order valence-corrected chi connectivity index (χ1v) is 10.5. The molecule has 156 valence electrons. The van der Waals surface area contributed by atoms with Crippen LogP contribution in [0.1, 0.15) is 34.2 Å². The quantitative estimate of drug-likeness (QED) is 0.315. The molecule has 4 aromatic rings. The van der Waals surface area contributed by atoms with Crippen LogP contribution in [-0.4, -0.2) is 20.7 Å². The molecule has 0 amide bonds. The van der Waals surface area contributed by atoms with Gasteiger partial charge in [0.05, 0.1) is 23.6 Å². The molecule has 0 bridgehead atoms. The van der Waals surface area contributed by atoms with Crippen molar-refractivity contribution in [3.63, 3.8) is 0 Å². The van der Waals surface area contributed by atoms with Gasteiger partial charge in [0.25, 0.3) is 0 Å². The third-order valence-electron chi connectivity index (χ3n) is 5.35. The van der Waals surface area contributed by atoms with Crippen LogP contribution in [0, 0.1) is 13.8 Å². The molecule has 0 aliphatic carbocycles. The Kier molecular flexibility index (Phi) is 5.82. The van der Waals surface area contributed by atoms with E-state index in [4.69, 9.17) is 17.3 Å². The summed E-state index contributed by atoms with van der Waals surface area (Å²) in [6, 6.07) is 22.0. The third kappa shape index (κ3) is 4.49. The van der Waals surface area contributed by atoms with Crippen LogP contribution in [0.25, 0.3) is 10.8 Å². The third-order valence-corrected chi connectivity index (χ3v) is 5.55. The molecule has 0 radical (unpaired) electrons. The molecule has 1 aromatic heterocycles. The van der Waals surface area contributed by atoms with E-state index in [9.17, 15) is 4.79 Å². The Morgan fingerprint density at radius 3 is 2.55 bits per heavy atom. The number of ketones is 1. The molecule has 0 atom stereocenters. The van der Waals surface area contributed by atoms with E-state index in [1.807, 2.05) is 30.7 Å². The molecule has 0 aliphatic heterocycles. The fraction of sp³-hybridized carbons (Fsp3) is 0.160. The molecule has 3 aromatic carbocycles. The van der Waals surface area contributed by atoms with Crippen LogP contribution in [0.4, 0.5) is 11.4 Å². The van der Waals surface area contributed by atoms with Crippen molar-refractivity contribution >= 4 is 45.3 Å². The van der Waals surface area contributed by atoms with Gasteiger partial charge in [0, 0.05) is 11.3 Å². The van der Waals surface area contributed by atoms with E-state index in [0.717, 1.165) is 22.8 Å². The Labute approximate surface area is 187 Å². The molecule has 5 nitrogen and oxygen atoms in total. The highest BCUT2D eigenvalue weighted by Crippen LogP contribution is 2.24. The first-order valence-electron chi connectivity index (χ1n) is 10.1. The SMILES string of the molecule is CC(=O)c1cccc(NC(=S)Nc2c(C)nn(Cc3cccc4ccccc34)c2C)c1. The Hall–Kier alpha value is -3.51. The van der Waals surface area contributed by atoms with Crippen LogP contribution in [0.3, 0.4) is 0 Å². The van der Waals surface area contributed by atoms with Crippen LogP contribution in [-0.2, 0) is 6.54 Å². The van der Waals surface area contributed by atoms with E-state index < -0.39 is 0 Å². The lowest BCUT2D eigenvalue weighted by Crippen LogP contribution is -2.20. The summed E-state index contributed by atoms with van der Waals surface area (Å²) in [5.41, 5.74) is 5.40. The highest BCUT2D eigenvalue weighted by molar-refractivity contribution is 7.80. The average Bonchev–Trinajstić information content (AvgIpc) is 3.01. The molecule has 6 heteroatoms. The van der Waals surface area contributed by atoms with Gasteiger partial charge in [-0.05, 0) is 61.5 Å². The van der Waals surface area contributed by atoms with Gasteiger partial charge in [0.15, 0.2) is 10.9 Å². The highest BCUT2D eigenvalue weighted by atomic mass is 32.1. The zero-order valence-corrected chi connectivity index (χ0v) is 18.6. The maximum absolute atomic E-state index is 11.6. The number of carbonyl (C=O) groups excluding carboxylic acids is 1. The van der Waals surface area contributed by atoms with Crippen LogP contribution in [0.5, 0.6) is 0 Å². The number of hydrogen-bond acceptors (Lipinski definition) is 3. The topological polar surface area (TPSA) is 59.0 Å². The molecule has 0 saturated heterocycles. The van der Waals surface area contributed by atoms with Gasteiger partial charge in [0.1, 0.15) is 0 Å². The Balaban J connectivity index is 1.53. The van der Waals surface area contributed by atoms with E-state index in [-0.39, 0.29) is 5.78 Å². The fourth-order valence-corrected chi connectivity index (χ4v) is 3.94. The smallest absolute Gasteiger partial charge is 0.175 e. The van der Waals surface area contributed by atoms with Gasteiger partial charge < -0.3 is 10.6 Å². The monoisotopic (exact) mass is 428 g/mol. The number of hydrogen-bond donors (Lipinski definition) is 2. The number of benzene rings is 3. The minimum atomic E-state index is 0.0175. The van der Waals surface area contributed by atoms with Crippen molar-refractivity contribution in [1.82, 2.24) is 9.78 Å². The van der Waals surface area contributed by atoms with E-state index in [1.54, 1.807) is 19.1 Å². The van der Waals surface area contributed by atoms with Crippen LogP contribution in [0.15, 0.2) is 66.7 Å². The maximum Gasteiger partial charge on any atom is 0.175 e. The van der Waals surface area contributed by atoms with Crippen molar-refractivity contribution < 1.29 is 4.79 Å². The molecule has 0 fully saturated rings. The molecule has 0 saturated carbocycles. The van der Waals surface area contributed by atoms with Gasteiger partial charge in [-0.2, -0.15) is 5.10 Å². The van der Waals surface area contributed by atoms with E-state index in [1.165, 1.54) is 16.3 Å². The fourth-order valence-electron chi connectivity index (χ4n) is 3.72. The molecular weight excluding hydrogens is 404 g/mol. The molecular formula is C25H24N4OS. The number of thiocarbonyl (C=S) groups is 1. The summed E-state index contributed by atoms with van der Waals surface area (Å²) < 4.78 is 2.00. The summed E-state index contributed by atoms with van der Waals surface area (Å²) in [7, 11) is 0. The van der Waals surface area contributed by atoms with Gasteiger partial charge in [-0.3, -0.25) is 9.48 Å². The number of anilines is 2. The molecule has 31 heavy (non-hydrogen) atoms. The van der Waals surface area contributed by atoms with Gasteiger partial charge in [-0.15, -0.1) is 0 Å². The Morgan fingerprint density at radius 1 is 1.00 bits per heavy atom. The Morgan fingerprint density at radius 2 is 1.74 bits per heavy atom. The lowest BCUT2D eigenvalue weighted by atomic mass is 10.0. The first kappa shape index (κ1) is 20.8. The number of nitrogens with zero attached hydrogens (tertiary/aromatic N) is 2. The zero-order valence-electron chi connectivity index (χ0n) is 17.8. The number of rotatable bonds is 5. The van der Waals surface area contributed by atoms with Crippen molar-refractivity contribution in [2.75, 3.05) is 10.6 Å². The van der Waals surface area contributed by atoms with Gasteiger partial charge >= 0.3 is 0 Å². The summed E-state index contributed by atoms with van der Waals surface area (Å²) in [6.07, 6.45) is 0. The van der Waals surface area contributed by atoms with Gasteiger partial charge in [0.2, 0.25) is 0 Å². The molecule has 0 unspecified atom stereocenters. The number of aryl methyl sites for hydroxylation is 1. The minimum absolute atomic E-state index is 0.0175. The number of fused-ring (bicyclic) bond motifs is 1. The predicted octanol–water partition coefficient (Wildman–Crippen LogP) is 5.71. The van der Waals surface area contributed by atoms with E-state index >= 15 is 0 Å². The largest absolute Gasteiger partial charge is 0.332 e. The first-order chi connectivity index (χ1) is 14.9. The molecule has 4 rings (SSSR count). The van der Waals surface area contributed by atoms with Crippen molar-refractivity contribution in [3.05, 3.63) is 89.2 Å². The number of Topliss-reactive ketones (excluding diaryl/α,β-unsaturated/α-hetero) is 1. The number of carbonyl (C=O) groups is 1. The average molecular weight is 429 g/mol. The lowest BCUT2D eigenvalue weighted by molar-refractivity contribution is 0.101. The summed E-state index contributed by atoms with van der Waals surface area (Å²) >= 11 is 5.50. The summed E-state index contributed by atoms with van der Waals surface area (Å²) in [5.74, 6) is 0.0175. The minimum Gasteiger partial charge on any atom is -0.332 e. The van der Waals surface area contributed by atoms with Crippen LogP contribution >= 0.6 is 12.2 Å². The summed E-state index contributed by atoms with van der Waals surface area (Å²) in [5, 5.41) is 14.1. The van der Waals surface area contributed by atoms with Crippen molar-refractivity contribution in [2.24, 2.45) is 0 Å². The van der Waals surface area contributed by atoms with Gasteiger partial charge in [-0.25, -0.2) is 0 Å². The van der Waals surface area contributed by atoms with E-state index in [2.05, 4.69) is 53.1 Å². The normalized spacial score (nSPS) is 10.8. The maximum atomic E-state index is 11.6. The number of aromatic nitrogens is 2. The standard InChI is InChI=1S/C25H24N4OS/c1-16-24(27-25(31)26-22-12-7-10-20(14-22)18(3)30)17(2)29(28-16)15-21-11-6-9-19-8-4-5-13-23(19)21/h4-14H,15H2,1-3H3,(H2,26,27,31). The second-order valence-electron chi connectivity index (χ2n) is 7.56. The van der Waals surface area contributed by atoms with Gasteiger partial charge in [-0.1, -0.05) is 54.6 Å².